The highest BCUT2D eigenvalue weighted by Gasteiger charge is 2.24. The summed E-state index contributed by atoms with van der Waals surface area (Å²) < 4.78 is 27.9. The average Bonchev–Trinajstić information content (AvgIpc) is 3.59. The zero-order valence-electron chi connectivity index (χ0n) is 22.3. The molecule has 0 amide bonds. The molecule has 0 saturated heterocycles. The van der Waals surface area contributed by atoms with Crippen molar-refractivity contribution >= 4 is 39.8 Å². The van der Waals surface area contributed by atoms with E-state index < -0.39 is 6.16 Å². The van der Waals surface area contributed by atoms with Gasteiger partial charge < -0.3 is 23.9 Å². The molecule has 0 aliphatic carbocycles. The number of aromatic nitrogens is 3. The van der Waals surface area contributed by atoms with E-state index in [4.69, 9.17) is 14.2 Å². The maximum Gasteiger partial charge on any atom is 0.515 e. The first-order valence-electron chi connectivity index (χ1n) is 13.2. The second kappa shape index (κ2) is 11.8. The lowest BCUT2D eigenvalue weighted by atomic mass is 10.0. The molecule has 8 nitrogen and oxygen atoms in total. The van der Waals surface area contributed by atoms with Crippen LogP contribution in [0.4, 0.5) is 4.79 Å². The van der Waals surface area contributed by atoms with Gasteiger partial charge in [-0.25, -0.2) is 4.79 Å². The van der Waals surface area contributed by atoms with E-state index in [0.717, 1.165) is 49.8 Å². The van der Waals surface area contributed by atoms with Crippen LogP contribution in [0.3, 0.4) is 0 Å². The summed E-state index contributed by atoms with van der Waals surface area (Å²) >= 11 is 1.17. The van der Waals surface area contributed by atoms with Gasteiger partial charge in [0.15, 0.2) is 0 Å². The zero-order valence-corrected chi connectivity index (χ0v) is 23.1. The largest absolute Gasteiger partial charge is 0.515 e. The summed E-state index contributed by atoms with van der Waals surface area (Å²) in [7, 11) is 0. The van der Waals surface area contributed by atoms with Crippen molar-refractivity contribution in [2.75, 3.05) is 6.61 Å². The number of rotatable bonds is 9. The Hall–Kier alpha value is -4.73. The van der Waals surface area contributed by atoms with E-state index in [1.165, 1.54) is 11.7 Å². The van der Waals surface area contributed by atoms with Crippen LogP contribution in [0.25, 0.3) is 33.1 Å². The van der Waals surface area contributed by atoms with Crippen molar-refractivity contribution < 1.29 is 24.1 Å². The standard InChI is InChI=1S/C32H27N3O5S/c1-2-38-32(37)40-31-30(24-11-8-21(19-36)9-12-24)26-14-13-25(39-20-22-6-4-3-5-7-22)17-29(26)35(31)18-23-10-15-27-28(16-23)34-41-33-27/h3-17,36H,2,18-20H2,1H3. The van der Waals surface area contributed by atoms with Gasteiger partial charge in [0.05, 0.1) is 42.6 Å². The number of carbonyl (C=O) groups excluding carboxylic acids is 1. The normalized spacial score (nSPS) is 11.2. The van der Waals surface area contributed by atoms with E-state index >= 15 is 0 Å². The molecule has 0 fully saturated rings. The number of aliphatic hydroxyl groups excluding tert-OH is 1. The van der Waals surface area contributed by atoms with Crippen molar-refractivity contribution in [2.45, 2.75) is 26.7 Å². The first kappa shape index (κ1) is 26.5. The van der Waals surface area contributed by atoms with Crippen LogP contribution in [0.5, 0.6) is 11.6 Å². The molecule has 6 rings (SSSR count). The smallest absolute Gasteiger partial charge is 0.489 e. The Bertz CT molecular complexity index is 1810. The van der Waals surface area contributed by atoms with E-state index in [9.17, 15) is 9.90 Å². The highest BCUT2D eigenvalue weighted by Crippen LogP contribution is 2.42. The van der Waals surface area contributed by atoms with Crippen LogP contribution in [0.1, 0.15) is 23.6 Å². The van der Waals surface area contributed by atoms with Crippen molar-refractivity contribution in [3.8, 4) is 22.8 Å². The summed E-state index contributed by atoms with van der Waals surface area (Å²) in [6, 6.07) is 29.3. The van der Waals surface area contributed by atoms with Gasteiger partial charge in [0.1, 0.15) is 23.4 Å². The van der Waals surface area contributed by atoms with Gasteiger partial charge in [0.2, 0.25) is 5.88 Å². The van der Waals surface area contributed by atoms with Gasteiger partial charge in [0, 0.05) is 11.5 Å². The average molecular weight is 566 g/mol. The molecule has 0 atom stereocenters. The molecule has 0 unspecified atom stereocenters. The molecule has 1 N–H and O–H groups in total. The fourth-order valence-corrected chi connectivity index (χ4v) is 5.31. The van der Waals surface area contributed by atoms with Crippen molar-refractivity contribution in [1.29, 1.82) is 0 Å². The topological polar surface area (TPSA) is 95.7 Å². The van der Waals surface area contributed by atoms with Crippen LogP contribution >= 0.6 is 11.7 Å². The molecule has 0 aliphatic rings. The van der Waals surface area contributed by atoms with Crippen LogP contribution in [-0.2, 0) is 24.5 Å². The third kappa shape index (κ3) is 5.63. The number of hydrogen-bond donors (Lipinski definition) is 1. The first-order valence-corrected chi connectivity index (χ1v) is 13.9. The quantitative estimate of drug-likeness (QED) is 0.189. The van der Waals surface area contributed by atoms with Crippen molar-refractivity contribution in [3.63, 3.8) is 0 Å². The minimum absolute atomic E-state index is 0.0652. The van der Waals surface area contributed by atoms with E-state index in [1.807, 2.05) is 95.6 Å². The molecule has 41 heavy (non-hydrogen) atoms. The van der Waals surface area contributed by atoms with Gasteiger partial charge in [-0.1, -0.05) is 60.7 Å². The Morgan fingerprint density at radius 1 is 0.878 bits per heavy atom. The molecule has 0 bridgehead atoms. The molecule has 4 aromatic carbocycles. The van der Waals surface area contributed by atoms with Crippen LogP contribution in [0, 0.1) is 0 Å². The third-order valence-electron chi connectivity index (χ3n) is 6.76. The molecule has 9 heteroatoms. The number of ether oxygens (including phenoxy) is 3. The van der Waals surface area contributed by atoms with Gasteiger partial charge in [-0.05, 0) is 53.4 Å². The third-order valence-corrected chi connectivity index (χ3v) is 7.32. The molecular weight excluding hydrogens is 538 g/mol. The van der Waals surface area contributed by atoms with E-state index in [-0.39, 0.29) is 13.2 Å². The van der Waals surface area contributed by atoms with Crippen molar-refractivity contribution in [3.05, 3.63) is 108 Å². The van der Waals surface area contributed by atoms with Gasteiger partial charge in [-0.3, -0.25) is 0 Å². The molecule has 2 heterocycles. The van der Waals surface area contributed by atoms with Crippen molar-refractivity contribution in [1.82, 2.24) is 13.3 Å². The Balaban J connectivity index is 1.50. The minimum atomic E-state index is -0.788. The Labute approximate surface area is 240 Å². The van der Waals surface area contributed by atoms with Crippen molar-refractivity contribution in [2.24, 2.45) is 0 Å². The predicted octanol–water partition coefficient (Wildman–Crippen LogP) is 6.97. The number of fused-ring (bicyclic) bond motifs is 2. The fraction of sp³-hybridized carbons (Fsp3) is 0.156. The maximum absolute atomic E-state index is 12.7. The number of carbonyl (C=O) groups is 1. The van der Waals surface area contributed by atoms with Gasteiger partial charge in [-0.15, -0.1) is 0 Å². The maximum atomic E-state index is 12.7. The number of benzene rings is 4. The molecule has 0 aliphatic heterocycles. The Morgan fingerprint density at radius 2 is 1.66 bits per heavy atom. The highest BCUT2D eigenvalue weighted by atomic mass is 32.1. The van der Waals surface area contributed by atoms with E-state index in [1.54, 1.807) is 6.92 Å². The monoisotopic (exact) mass is 565 g/mol. The van der Waals surface area contributed by atoms with E-state index in [2.05, 4.69) is 8.75 Å². The molecular formula is C32H27N3O5S. The lowest BCUT2D eigenvalue weighted by molar-refractivity contribution is 0.101. The number of hydrogen-bond acceptors (Lipinski definition) is 8. The summed E-state index contributed by atoms with van der Waals surface area (Å²) in [5.74, 6) is 1.04. The van der Waals surface area contributed by atoms with E-state index in [0.29, 0.717) is 24.8 Å². The lowest BCUT2D eigenvalue weighted by Gasteiger charge is -2.13. The van der Waals surface area contributed by atoms with Gasteiger partial charge >= 0.3 is 6.16 Å². The SMILES string of the molecule is CCOC(=O)Oc1c(-c2ccc(CO)cc2)c2ccc(OCc3ccccc3)cc2n1Cc1ccc2nsnc2c1. The van der Waals surface area contributed by atoms with Crippen LogP contribution in [0.2, 0.25) is 0 Å². The molecule has 0 radical (unpaired) electrons. The Kier molecular flexibility index (Phi) is 7.62. The minimum Gasteiger partial charge on any atom is -0.489 e. The molecule has 206 valence electrons. The highest BCUT2D eigenvalue weighted by molar-refractivity contribution is 7.00. The lowest BCUT2D eigenvalue weighted by Crippen LogP contribution is -2.14. The second-order valence-corrected chi connectivity index (χ2v) is 9.98. The van der Waals surface area contributed by atoms with Crippen LogP contribution in [-0.4, -0.2) is 31.2 Å². The predicted molar refractivity (Wildman–Crippen MR) is 158 cm³/mol. The zero-order chi connectivity index (χ0) is 28.2. The van der Waals surface area contributed by atoms with Gasteiger partial charge in [-0.2, -0.15) is 8.75 Å². The summed E-state index contributed by atoms with van der Waals surface area (Å²) in [6.45, 7) is 2.67. The number of nitrogens with zero attached hydrogens (tertiary/aromatic N) is 3. The van der Waals surface area contributed by atoms with Gasteiger partial charge in [0.25, 0.3) is 0 Å². The summed E-state index contributed by atoms with van der Waals surface area (Å²) in [6.07, 6.45) is -0.788. The summed E-state index contributed by atoms with van der Waals surface area (Å²) in [5, 5.41) is 10.5. The first-order chi connectivity index (χ1) is 20.1. The molecule has 6 aromatic rings. The summed E-state index contributed by atoms with van der Waals surface area (Å²) in [4.78, 5) is 12.7. The Morgan fingerprint density at radius 3 is 2.44 bits per heavy atom. The molecule has 2 aromatic heterocycles. The summed E-state index contributed by atoms with van der Waals surface area (Å²) in [5.41, 5.74) is 6.85. The van der Waals surface area contributed by atoms with Crippen LogP contribution in [0.15, 0.2) is 91.0 Å². The molecule has 0 saturated carbocycles. The fourth-order valence-electron chi connectivity index (χ4n) is 4.79. The molecule has 0 spiro atoms. The van der Waals surface area contributed by atoms with Crippen LogP contribution < -0.4 is 9.47 Å². The second-order valence-electron chi connectivity index (χ2n) is 9.45. The number of aliphatic hydroxyl groups is 1.